The minimum Gasteiger partial charge on any atom is -0.302 e. The Bertz CT molecular complexity index is 411. The van der Waals surface area contributed by atoms with Crippen molar-refractivity contribution in [2.24, 2.45) is 0 Å². The lowest BCUT2D eigenvalue weighted by molar-refractivity contribution is 0.564. The fourth-order valence-corrected chi connectivity index (χ4v) is 1.94. The largest absolute Gasteiger partial charge is 0.302 e. The van der Waals surface area contributed by atoms with Crippen molar-refractivity contribution in [3.8, 4) is 6.07 Å². The summed E-state index contributed by atoms with van der Waals surface area (Å²) in [5.41, 5.74) is 0.817. The molecule has 0 amide bonds. The van der Waals surface area contributed by atoms with E-state index in [4.69, 9.17) is 21.4 Å². The van der Waals surface area contributed by atoms with Crippen LogP contribution in [0.4, 0.5) is 0 Å². The smallest absolute Gasteiger partial charge is 0.187 e. The fraction of sp³-hybridized carbons (Fsp3) is 0.125. The van der Waals surface area contributed by atoms with Gasteiger partial charge in [0.1, 0.15) is 6.07 Å². The number of hydrogen-bond donors (Lipinski definition) is 1. The van der Waals surface area contributed by atoms with Gasteiger partial charge in [-0.2, -0.15) is 5.26 Å². The second kappa shape index (κ2) is 3.88. The highest BCUT2D eigenvalue weighted by molar-refractivity contribution is 7.79. The molecule has 1 N–H and O–H groups in total. The Morgan fingerprint density at radius 2 is 2.23 bits per heavy atom. The molecule has 0 saturated heterocycles. The fourth-order valence-electron chi connectivity index (χ4n) is 0.993. The number of benzene rings is 1. The summed E-state index contributed by atoms with van der Waals surface area (Å²) in [6.07, 6.45) is 0. The highest BCUT2D eigenvalue weighted by Crippen LogP contribution is 2.21. The molecule has 0 spiro atoms. The van der Waals surface area contributed by atoms with Crippen LogP contribution >= 0.6 is 11.6 Å². The van der Waals surface area contributed by atoms with Gasteiger partial charge in [-0.05, 0) is 24.6 Å². The molecule has 5 heteroatoms. The molecule has 0 bridgehead atoms. The minimum atomic E-state index is -2.17. The summed E-state index contributed by atoms with van der Waals surface area (Å²) in [6.45, 7) is 1.67. The molecule has 1 rings (SSSR count). The SMILES string of the molecule is Cc1cc(Cl)cc(S(=O)O)c1C#N. The highest BCUT2D eigenvalue weighted by Gasteiger charge is 2.11. The Hall–Kier alpha value is -0.890. The average molecular weight is 216 g/mol. The predicted molar refractivity (Wildman–Crippen MR) is 49.9 cm³/mol. The van der Waals surface area contributed by atoms with Crippen LogP contribution in [-0.4, -0.2) is 8.76 Å². The molecule has 0 saturated carbocycles. The van der Waals surface area contributed by atoms with Gasteiger partial charge in [0.15, 0.2) is 11.1 Å². The summed E-state index contributed by atoms with van der Waals surface area (Å²) in [6, 6.07) is 4.76. The first kappa shape index (κ1) is 10.2. The van der Waals surface area contributed by atoms with Crippen molar-refractivity contribution in [1.29, 1.82) is 5.26 Å². The Kier molecular flexibility index (Phi) is 3.04. The molecule has 1 atom stereocenters. The Morgan fingerprint density at radius 3 is 2.69 bits per heavy atom. The molecule has 0 aliphatic rings. The van der Waals surface area contributed by atoms with Gasteiger partial charge in [0.2, 0.25) is 0 Å². The lowest BCUT2D eigenvalue weighted by atomic mass is 10.1. The molecule has 3 nitrogen and oxygen atoms in total. The lowest BCUT2D eigenvalue weighted by Crippen LogP contribution is -1.95. The second-order valence-electron chi connectivity index (χ2n) is 2.46. The normalized spacial score (nSPS) is 12.2. The summed E-state index contributed by atoms with van der Waals surface area (Å²) >= 11 is 3.50. The molecule has 0 aliphatic heterocycles. The van der Waals surface area contributed by atoms with Crippen molar-refractivity contribution in [3.63, 3.8) is 0 Å². The summed E-state index contributed by atoms with van der Waals surface area (Å²) in [5.74, 6) is 0. The third-order valence-electron chi connectivity index (χ3n) is 1.56. The van der Waals surface area contributed by atoms with Crippen molar-refractivity contribution in [3.05, 3.63) is 28.3 Å². The van der Waals surface area contributed by atoms with Crippen molar-refractivity contribution >= 4 is 22.7 Å². The number of rotatable bonds is 1. The van der Waals surface area contributed by atoms with Gasteiger partial charge in [0, 0.05) is 5.02 Å². The van der Waals surface area contributed by atoms with Crippen LogP contribution in [0.1, 0.15) is 11.1 Å². The zero-order valence-corrected chi connectivity index (χ0v) is 8.32. The van der Waals surface area contributed by atoms with Crippen LogP contribution < -0.4 is 0 Å². The van der Waals surface area contributed by atoms with Gasteiger partial charge in [0.05, 0.1) is 10.5 Å². The van der Waals surface area contributed by atoms with E-state index >= 15 is 0 Å². The summed E-state index contributed by atoms with van der Waals surface area (Å²) in [5, 5.41) is 9.06. The second-order valence-corrected chi connectivity index (χ2v) is 3.83. The highest BCUT2D eigenvalue weighted by atomic mass is 35.5. The minimum absolute atomic E-state index is 0.0625. The number of nitrogens with zero attached hydrogens (tertiary/aromatic N) is 1. The van der Waals surface area contributed by atoms with E-state index in [2.05, 4.69) is 0 Å². The summed E-state index contributed by atoms with van der Waals surface area (Å²) in [4.78, 5) is 0.0625. The number of aryl methyl sites for hydroxylation is 1. The molecule has 13 heavy (non-hydrogen) atoms. The van der Waals surface area contributed by atoms with E-state index in [0.29, 0.717) is 10.6 Å². The van der Waals surface area contributed by atoms with Crippen LogP contribution in [0.5, 0.6) is 0 Å². The maximum atomic E-state index is 10.8. The number of halogens is 1. The molecule has 1 unspecified atom stereocenters. The van der Waals surface area contributed by atoms with Crippen LogP contribution in [0, 0.1) is 18.3 Å². The Morgan fingerprint density at radius 1 is 1.62 bits per heavy atom. The van der Waals surface area contributed by atoms with Crippen molar-refractivity contribution in [2.75, 3.05) is 0 Å². The van der Waals surface area contributed by atoms with Gasteiger partial charge in [-0.3, -0.25) is 0 Å². The molecule has 1 aromatic carbocycles. The number of hydrogen-bond acceptors (Lipinski definition) is 2. The topological polar surface area (TPSA) is 61.1 Å². The van der Waals surface area contributed by atoms with E-state index in [0.717, 1.165) is 0 Å². The van der Waals surface area contributed by atoms with Gasteiger partial charge in [-0.15, -0.1) is 0 Å². The Balaban J connectivity index is 3.50. The molecular formula is C8H6ClNO2S. The zero-order chi connectivity index (χ0) is 10.0. The maximum Gasteiger partial charge on any atom is 0.187 e. The third kappa shape index (κ3) is 2.07. The van der Waals surface area contributed by atoms with Crippen molar-refractivity contribution in [1.82, 2.24) is 0 Å². The van der Waals surface area contributed by atoms with E-state index < -0.39 is 11.1 Å². The molecule has 68 valence electrons. The first-order valence-corrected chi connectivity index (χ1v) is 4.86. The summed E-state index contributed by atoms with van der Waals surface area (Å²) < 4.78 is 19.6. The van der Waals surface area contributed by atoms with Crippen LogP contribution in [0.15, 0.2) is 17.0 Å². The van der Waals surface area contributed by atoms with Crippen LogP contribution in [0.25, 0.3) is 0 Å². The summed E-state index contributed by atoms with van der Waals surface area (Å²) in [7, 11) is 0. The van der Waals surface area contributed by atoms with Gasteiger partial charge in [-0.25, -0.2) is 4.21 Å². The lowest BCUT2D eigenvalue weighted by Gasteiger charge is -2.02. The molecule has 0 aliphatic carbocycles. The maximum absolute atomic E-state index is 10.8. The van der Waals surface area contributed by atoms with Crippen molar-refractivity contribution < 1.29 is 8.76 Å². The molecule has 0 heterocycles. The van der Waals surface area contributed by atoms with Gasteiger partial charge in [-0.1, -0.05) is 11.6 Å². The quantitative estimate of drug-likeness (QED) is 0.730. The molecule has 0 radical (unpaired) electrons. The average Bonchev–Trinajstić information content (AvgIpc) is 2.02. The third-order valence-corrected chi connectivity index (χ3v) is 2.48. The monoisotopic (exact) mass is 215 g/mol. The zero-order valence-electron chi connectivity index (χ0n) is 6.74. The van der Waals surface area contributed by atoms with E-state index in [1.54, 1.807) is 13.0 Å². The van der Waals surface area contributed by atoms with Crippen LogP contribution in [-0.2, 0) is 11.1 Å². The predicted octanol–water partition coefficient (Wildman–Crippen LogP) is 2.10. The molecule has 0 aromatic heterocycles. The molecule has 0 fully saturated rings. The number of nitriles is 1. The first-order valence-electron chi connectivity index (χ1n) is 3.37. The van der Waals surface area contributed by atoms with Crippen molar-refractivity contribution in [2.45, 2.75) is 11.8 Å². The van der Waals surface area contributed by atoms with E-state index in [1.165, 1.54) is 6.07 Å². The Labute approximate surface area is 83.2 Å². The van der Waals surface area contributed by atoms with E-state index in [9.17, 15) is 4.21 Å². The molecule has 1 aromatic rings. The van der Waals surface area contributed by atoms with Gasteiger partial charge in [0.25, 0.3) is 0 Å². The molecular weight excluding hydrogens is 210 g/mol. The first-order chi connectivity index (χ1) is 6.06. The van der Waals surface area contributed by atoms with E-state index in [1.807, 2.05) is 6.07 Å². The van der Waals surface area contributed by atoms with Crippen LogP contribution in [0.3, 0.4) is 0 Å². The standard InChI is InChI=1S/C8H6ClNO2S/c1-5-2-6(9)3-8(13(11)12)7(5)4-10/h2-3H,1H3,(H,11,12). The van der Waals surface area contributed by atoms with Crippen LogP contribution in [0.2, 0.25) is 5.02 Å². The van der Waals surface area contributed by atoms with E-state index in [-0.39, 0.29) is 10.5 Å². The van der Waals surface area contributed by atoms with Gasteiger partial charge >= 0.3 is 0 Å². The van der Waals surface area contributed by atoms with Gasteiger partial charge < -0.3 is 4.55 Å².